The van der Waals surface area contributed by atoms with Gasteiger partial charge in [-0.25, -0.2) is 9.97 Å². The number of anilines is 2. The molecule has 8 heteroatoms. The topological polar surface area (TPSA) is 110 Å². The second-order valence-corrected chi connectivity index (χ2v) is 8.31. The van der Waals surface area contributed by atoms with E-state index in [0.29, 0.717) is 11.4 Å². The molecule has 0 radical (unpaired) electrons. The molecule has 8 nitrogen and oxygen atoms in total. The zero-order valence-electron chi connectivity index (χ0n) is 18.7. The molecule has 1 saturated heterocycles. The molecule has 0 spiro atoms. The molecule has 1 fully saturated rings. The lowest BCUT2D eigenvalue weighted by Crippen LogP contribution is -2.36. The van der Waals surface area contributed by atoms with Crippen LogP contribution < -0.4 is 21.7 Å². The first kappa shape index (κ1) is 21.0. The highest BCUT2D eigenvalue weighted by Gasteiger charge is 2.22. The molecule has 5 rings (SSSR count). The number of carbonyl (C=O) groups is 1. The van der Waals surface area contributed by atoms with E-state index in [1.807, 2.05) is 55.1 Å². The van der Waals surface area contributed by atoms with Gasteiger partial charge in [-0.3, -0.25) is 4.79 Å². The van der Waals surface area contributed by atoms with Crippen LogP contribution in [0.15, 0.2) is 54.9 Å². The van der Waals surface area contributed by atoms with Crippen molar-refractivity contribution in [2.45, 2.75) is 12.5 Å². The molecule has 2 aromatic carbocycles. The SMILES string of the molecule is CNc1ccc(-c2c(-c3ccc(C(=O)NC4CCNC4)cc3)c3c(N)ncnc3n2C)cc1. The van der Waals surface area contributed by atoms with Gasteiger partial charge in [-0.05, 0) is 48.4 Å². The average Bonchev–Trinajstić information content (AvgIpc) is 3.46. The Kier molecular flexibility index (Phi) is 5.43. The average molecular weight is 442 g/mol. The third-order valence-corrected chi connectivity index (χ3v) is 6.27. The maximum absolute atomic E-state index is 12.7. The fourth-order valence-corrected chi connectivity index (χ4v) is 4.52. The fourth-order valence-electron chi connectivity index (χ4n) is 4.52. The number of amides is 1. The van der Waals surface area contributed by atoms with E-state index in [0.717, 1.165) is 58.6 Å². The first-order valence-corrected chi connectivity index (χ1v) is 11.1. The minimum absolute atomic E-state index is 0.0566. The zero-order chi connectivity index (χ0) is 22.9. The van der Waals surface area contributed by atoms with Gasteiger partial charge >= 0.3 is 0 Å². The molecular formula is C25H27N7O. The third kappa shape index (κ3) is 3.78. The number of rotatable bonds is 5. The molecule has 1 aliphatic rings. The van der Waals surface area contributed by atoms with E-state index < -0.39 is 0 Å². The van der Waals surface area contributed by atoms with Gasteiger partial charge in [-0.2, -0.15) is 0 Å². The molecule has 0 aliphatic carbocycles. The van der Waals surface area contributed by atoms with Gasteiger partial charge in [0.05, 0.1) is 11.1 Å². The molecule has 5 N–H and O–H groups in total. The number of nitrogen functional groups attached to an aromatic ring is 1. The number of carbonyl (C=O) groups excluding carboxylic acids is 1. The highest BCUT2D eigenvalue weighted by atomic mass is 16.1. The quantitative estimate of drug-likeness (QED) is 0.379. The number of benzene rings is 2. The molecule has 1 aliphatic heterocycles. The van der Waals surface area contributed by atoms with Crippen LogP contribution in [0.4, 0.5) is 11.5 Å². The Morgan fingerprint density at radius 2 is 1.82 bits per heavy atom. The van der Waals surface area contributed by atoms with E-state index in [4.69, 9.17) is 5.73 Å². The number of aryl methyl sites for hydroxylation is 1. The molecule has 0 bridgehead atoms. The first-order valence-electron chi connectivity index (χ1n) is 11.1. The Morgan fingerprint density at radius 1 is 1.09 bits per heavy atom. The zero-order valence-corrected chi connectivity index (χ0v) is 18.7. The molecule has 1 unspecified atom stereocenters. The van der Waals surface area contributed by atoms with Crippen molar-refractivity contribution in [3.8, 4) is 22.4 Å². The normalized spacial score (nSPS) is 15.6. The summed E-state index contributed by atoms with van der Waals surface area (Å²) in [6, 6.07) is 16.1. The lowest BCUT2D eigenvalue weighted by atomic mass is 9.97. The maximum Gasteiger partial charge on any atom is 0.251 e. The Bertz CT molecular complexity index is 1300. The van der Waals surface area contributed by atoms with Crippen molar-refractivity contribution in [3.05, 3.63) is 60.4 Å². The maximum atomic E-state index is 12.7. The van der Waals surface area contributed by atoms with Gasteiger partial charge in [0.2, 0.25) is 0 Å². The van der Waals surface area contributed by atoms with Crippen molar-refractivity contribution in [3.63, 3.8) is 0 Å². The Hall–Kier alpha value is -3.91. The van der Waals surface area contributed by atoms with E-state index in [1.165, 1.54) is 6.33 Å². The van der Waals surface area contributed by atoms with Crippen molar-refractivity contribution < 1.29 is 4.79 Å². The van der Waals surface area contributed by atoms with E-state index >= 15 is 0 Å². The molecular weight excluding hydrogens is 414 g/mol. The van der Waals surface area contributed by atoms with Gasteiger partial charge in [0.1, 0.15) is 17.8 Å². The van der Waals surface area contributed by atoms with Crippen LogP contribution in [-0.4, -0.2) is 46.6 Å². The summed E-state index contributed by atoms with van der Waals surface area (Å²) in [7, 11) is 3.88. The van der Waals surface area contributed by atoms with Gasteiger partial charge in [-0.1, -0.05) is 24.3 Å². The van der Waals surface area contributed by atoms with Crippen molar-refractivity contribution >= 4 is 28.4 Å². The van der Waals surface area contributed by atoms with E-state index in [9.17, 15) is 4.79 Å². The number of nitrogens with one attached hydrogen (secondary N) is 3. The summed E-state index contributed by atoms with van der Waals surface area (Å²) in [5.41, 5.74) is 12.7. The van der Waals surface area contributed by atoms with Gasteiger partial charge in [-0.15, -0.1) is 0 Å². The fraction of sp³-hybridized carbons (Fsp3) is 0.240. The first-order chi connectivity index (χ1) is 16.1. The lowest BCUT2D eigenvalue weighted by Gasteiger charge is -2.12. The Morgan fingerprint density at radius 3 is 2.48 bits per heavy atom. The predicted molar refractivity (Wildman–Crippen MR) is 132 cm³/mol. The summed E-state index contributed by atoms with van der Waals surface area (Å²) in [6.07, 6.45) is 2.44. The number of fused-ring (bicyclic) bond motifs is 1. The van der Waals surface area contributed by atoms with Crippen molar-refractivity contribution in [1.82, 2.24) is 25.2 Å². The minimum Gasteiger partial charge on any atom is -0.388 e. The standard InChI is InChI=1S/C25H27N7O/c1-27-18-9-7-16(8-10-18)22-20(21-23(26)29-14-30-24(21)32(22)2)15-3-5-17(6-4-15)25(33)31-19-11-12-28-13-19/h3-10,14,19,27-28H,11-13H2,1-2H3,(H,31,33)(H2,26,29,30). The van der Waals surface area contributed by atoms with Crippen LogP contribution in [0.2, 0.25) is 0 Å². The van der Waals surface area contributed by atoms with Gasteiger partial charge in [0.25, 0.3) is 5.91 Å². The summed E-state index contributed by atoms with van der Waals surface area (Å²) in [5, 5.41) is 10.3. The molecule has 1 atom stereocenters. The largest absolute Gasteiger partial charge is 0.388 e. The van der Waals surface area contributed by atoms with Crippen molar-refractivity contribution in [2.75, 3.05) is 31.2 Å². The second kappa shape index (κ2) is 8.55. The molecule has 3 heterocycles. The monoisotopic (exact) mass is 441 g/mol. The van der Waals surface area contributed by atoms with E-state index in [1.54, 1.807) is 0 Å². The summed E-state index contributed by atoms with van der Waals surface area (Å²) in [6.45, 7) is 1.75. The predicted octanol–water partition coefficient (Wildman–Crippen LogP) is 3.02. The van der Waals surface area contributed by atoms with Gasteiger partial charge < -0.3 is 26.3 Å². The van der Waals surface area contributed by atoms with Gasteiger partial charge in [0.15, 0.2) is 0 Å². The number of aromatic nitrogens is 3. The Labute approximate surface area is 192 Å². The third-order valence-electron chi connectivity index (χ3n) is 6.27. The summed E-state index contributed by atoms with van der Waals surface area (Å²) in [5.74, 6) is 0.373. The summed E-state index contributed by atoms with van der Waals surface area (Å²) < 4.78 is 2.05. The number of nitrogens with zero attached hydrogens (tertiary/aromatic N) is 3. The molecule has 1 amide bonds. The van der Waals surface area contributed by atoms with Gasteiger partial charge in [0, 0.05) is 43.5 Å². The Balaban J connectivity index is 1.60. The van der Waals surface area contributed by atoms with Crippen molar-refractivity contribution in [2.24, 2.45) is 7.05 Å². The molecule has 0 saturated carbocycles. The second-order valence-electron chi connectivity index (χ2n) is 8.31. The van der Waals surface area contributed by atoms with Crippen LogP contribution in [0.3, 0.4) is 0 Å². The highest BCUT2D eigenvalue weighted by molar-refractivity contribution is 6.08. The minimum atomic E-state index is -0.0566. The molecule has 168 valence electrons. The number of hydrogen-bond donors (Lipinski definition) is 4. The van der Waals surface area contributed by atoms with Crippen LogP contribution in [0.1, 0.15) is 16.8 Å². The van der Waals surface area contributed by atoms with Crippen LogP contribution in [0.25, 0.3) is 33.4 Å². The molecule has 4 aromatic rings. The number of hydrogen-bond acceptors (Lipinski definition) is 6. The number of nitrogens with two attached hydrogens (primary N) is 1. The van der Waals surface area contributed by atoms with Crippen molar-refractivity contribution in [1.29, 1.82) is 0 Å². The van der Waals surface area contributed by atoms with Crippen LogP contribution in [0.5, 0.6) is 0 Å². The molecule has 2 aromatic heterocycles. The molecule has 33 heavy (non-hydrogen) atoms. The summed E-state index contributed by atoms with van der Waals surface area (Å²) in [4.78, 5) is 21.4. The van der Waals surface area contributed by atoms with E-state index in [2.05, 4.69) is 38.1 Å². The smallest absolute Gasteiger partial charge is 0.251 e. The van der Waals surface area contributed by atoms with Crippen LogP contribution >= 0.6 is 0 Å². The summed E-state index contributed by atoms with van der Waals surface area (Å²) >= 11 is 0. The lowest BCUT2D eigenvalue weighted by molar-refractivity contribution is 0.0940. The van der Waals surface area contributed by atoms with E-state index in [-0.39, 0.29) is 11.9 Å². The van der Waals surface area contributed by atoms with Crippen LogP contribution in [0, 0.1) is 0 Å². The van der Waals surface area contributed by atoms with Crippen LogP contribution in [-0.2, 0) is 7.05 Å². The highest BCUT2D eigenvalue weighted by Crippen LogP contribution is 2.41.